The van der Waals surface area contributed by atoms with E-state index in [1.54, 1.807) is 0 Å². The maximum atomic E-state index is 11.1. The van der Waals surface area contributed by atoms with Gasteiger partial charge < -0.3 is 5.32 Å². The van der Waals surface area contributed by atoms with E-state index >= 15 is 0 Å². The predicted octanol–water partition coefficient (Wildman–Crippen LogP) is 4.84. The van der Waals surface area contributed by atoms with E-state index in [9.17, 15) is 4.79 Å². The molecule has 1 N–H and O–H groups in total. The Balaban J connectivity index is 3.14. The van der Waals surface area contributed by atoms with E-state index in [2.05, 4.69) is 11.9 Å². The minimum Gasteiger partial charge on any atom is -0.332 e. The molecule has 2 nitrogen and oxygen atoms in total. The first kappa shape index (κ1) is 14.9. The Kier molecular flexibility index (Phi) is 5.42. The molecule has 0 saturated carbocycles. The third-order valence-electron chi connectivity index (χ3n) is 1.86. The zero-order valence-electron chi connectivity index (χ0n) is 8.24. The summed E-state index contributed by atoms with van der Waals surface area (Å²) >= 11 is 29.4. The normalized spacial score (nSPS) is 12.1. The molecular weight excluding hydrogens is 327 g/mol. The highest BCUT2D eigenvalue weighted by Crippen LogP contribution is 2.41. The summed E-state index contributed by atoms with van der Waals surface area (Å²) in [7, 11) is 0. The highest BCUT2D eigenvalue weighted by molar-refractivity contribution is 6.52. The molecule has 17 heavy (non-hydrogen) atoms. The van der Waals surface area contributed by atoms with Gasteiger partial charge in [-0.05, 0) is 12.1 Å². The van der Waals surface area contributed by atoms with Gasteiger partial charge >= 0.3 is 0 Å². The van der Waals surface area contributed by atoms with Gasteiger partial charge in [0, 0.05) is 5.56 Å². The number of rotatable bonds is 3. The van der Waals surface area contributed by atoms with Gasteiger partial charge in [0.15, 0.2) is 0 Å². The van der Waals surface area contributed by atoms with Crippen LogP contribution in [0, 0.1) is 0 Å². The standard InChI is InChI=1S/C10H6Cl5NO/c1-2-6(17)16-10(15)4-3-5(11)8(13)9(14)7(4)12/h2-3,10H,1H2,(H,16,17). The average molecular weight is 333 g/mol. The summed E-state index contributed by atoms with van der Waals surface area (Å²) in [6, 6.07) is 1.44. The number of amides is 1. The highest BCUT2D eigenvalue weighted by Gasteiger charge is 2.19. The molecule has 0 aliphatic carbocycles. The molecule has 1 unspecified atom stereocenters. The summed E-state index contributed by atoms with van der Waals surface area (Å²) in [6.45, 7) is 3.30. The molecule has 0 spiro atoms. The van der Waals surface area contributed by atoms with E-state index < -0.39 is 11.4 Å². The van der Waals surface area contributed by atoms with Crippen molar-refractivity contribution in [2.45, 2.75) is 5.50 Å². The van der Waals surface area contributed by atoms with Crippen LogP contribution in [0.15, 0.2) is 18.7 Å². The largest absolute Gasteiger partial charge is 0.332 e. The van der Waals surface area contributed by atoms with Gasteiger partial charge in [0.25, 0.3) is 0 Å². The Morgan fingerprint density at radius 3 is 2.35 bits per heavy atom. The fraction of sp³-hybridized carbons (Fsp3) is 0.100. The number of hydrogen-bond donors (Lipinski definition) is 1. The van der Waals surface area contributed by atoms with Crippen molar-refractivity contribution in [3.8, 4) is 0 Å². The Labute approximate surface area is 123 Å². The lowest BCUT2D eigenvalue weighted by molar-refractivity contribution is -0.116. The Morgan fingerprint density at radius 2 is 1.82 bits per heavy atom. The zero-order valence-corrected chi connectivity index (χ0v) is 12.0. The monoisotopic (exact) mass is 331 g/mol. The van der Waals surface area contributed by atoms with Gasteiger partial charge in [-0.15, -0.1) is 0 Å². The highest BCUT2D eigenvalue weighted by atomic mass is 35.5. The molecule has 7 heteroatoms. The number of alkyl halides is 1. The quantitative estimate of drug-likeness (QED) is 0.277. The second kappa shape index (κ2) is 6.17. The number of hydrogen-bond acceptors (Lipinski definition) is 1. The van der Waals surface area contributed by atoms with Crippen molar-refractivity contribution in [3.63, 3.8) is 0 Å². The second-order valence-corrected chi connectivity index (χ2v) is 4.94. The fourth-order valence-electron chi connectivity index (χ4n) is 1.04. The molecular formula is C10H6Cl5NO. The first-order valence-electron chi connectivity index (χ1n) is 4.28. The molecule has 0 saturated heterocycles. The van der Waals surface area contributed by atoms with Crippen LogP contribution in [0.25, 0.3) is 0 Å². The summed E-state index contributed by atoms with van der Waals surface area (Å²) in [5.41, 5.74) is -0.511. The Morgan fingerprint density at radius 1 is 1.24 bits per heavy atom. The molecule has 1 amide bonds. The minimum atomic E-state index is -0.875. The molecule has 0 bridgehead atoms. The number of halogens is 5. The van der Waals surface area contributed by atoms with Crippen LogP contribution in [0.2, 0.25) is 20.1 Å². The molecule has 0 heterocycles. The summed E-state index contributed by atoms with van der Waals surface area (Å²) in [5.74, 6) is -0.441. The third kappa shape index (κ3) is 3.43. The molecule has 0 aliphatic heterocycles. The van der Waals surface area contributed by atoms with Crippen molar-refractivity contribution in [2.24, 2.45) is 0 Å². The molecule has 0 fully saturated rings. The first-order chi connectivity index (χ1) is 7.88. The van der Waals surface area contributed by atoms with Crippen molar-refractivity contribution in [1.82, 2.24) is 5.32 Å². The van der Waals surface area contributed by atoms with Crippen LogP contribution in [0.5, 0.6) is 0 Å². The van der Waals surface area contributed by atoms with E-state index in [1.807, 2.05) is 0 Å². The van der Waals surface area contributed by atoms with Crippen LogP contribution in [-0.2, 0) is 4.79 Å². The average Bonchev–Trinajstić information content (AvgIpc) is 2.30. The van der Waals surface area contributed by atoms with Gasteiger partial charge in [0.05, 0.1) is 20.1 Å². The topological polar surface area (TPSA) is 29.1 Å². The SMILES string of the molecule is C=CC(=O)NC(Cl)c1cc(Cl)c(Cl)c(Cl)c1Cl. The van der Waals surface area contributed by atoms with E-state index in [0.29, 0.717) is 5.56 Å². The summed E-state index contributed by atoms with van der Waals surface area (Å²) in [5, 5.41) is 3.00. The van der Waals surface area contributed by atoms with E-state index in [0.717, 1.165) is 6.08 Å². The lowest BCUT2D eigenvalue weighted by Gasteiger charge is -2.15. The van der Waals surface area contributed by atoms with E-state index in [4.69, 9.17) is 58.0 Å². The van der Waals surface area contributed by atoms with Gasteiger partial charge in [-0.25, -0.2) is 0 Å². The Bertz CT molecular complexity index is 474. The van der Waals surface area contributed by atoms with Crippen LogP contribution in [-0.4, -0.2) is 5.91 Å². The molecule has 1 atom stereocenters. The smallest absolute Gasteiger partial charge is 0.244 e. The van der Waals surface area contributed by atoms with E-state index in [-0.39, 0.29) is 20.1 Å². The molecule has 0 aliphatic rings. The number of carbonyl (C=O) groups is 1. The minimum absolute atomic E-state index is 0.0920. The number of benzene rings is 1. The number of carbonyl (C=O) groups excluding carboxylic acids is 1. The summed E-state index contributed by atoms with van der Waals surface area (Å²) in [4.78, 5) is 11.1. The maximum Gasteiger partial charge on any atom is 0.244 e. The zero-order chi connectivity index (χ0) is 13.2. The summed E-state index contributed by atoms with van der Waals surface area (Å²) < 4.78 is 0. The molecule has 0 aromatic heterocycles. The van der Waals surface area contributed by atoms with Gasteiger partial charge in [0.1, 0.15) is 5.50 Å². The molecule has 0 radical (unpaired) electrons. The van der Waals surface area contributed by atoms with Gasteiger partial charge in [-0.3, -0.25) is 4.79 Å². The Hall–Kier alpha value is -0.120. The summed E-state index contributed by atoms with van der Waals surface area (Å²) in [6.07, 6.45) is 1.09. The van der Waals surface area contributed by atoms with Crippen LogP contribution >= 0.6 is 58.0 Å². The number of nitrogens with one attached hydrogen (secondary N) is 1. The molecule has 1 aromatic rings. The molecule has 92 valence electrons. The third-order valence-corrected chi connectivity index (χ3v) is 3.97. The van der Waals surface area contributed by atoms with Crippen LogP contribution < -0.4 is 5.32 Å². The maximum absolute atomic E-state index is 11.1. The molecule has 1 rings (SSSR count). The van der Waals surface area contributed by atoms with E-state index in [1.165, 1.54) is 6.07 Å². The fourth-order valence-corrected chi connectivity index (χ4v) is 2.30. The molecule has 1 aromatic carbocycles. The lowest BCUT2D eigenvalue weighted by Crippen LogP contribution is -2.23. The van der Waals surface area contributed by atoms with Gasteiger partial charge in [-0.2, -0.15) is 0 Å². The van der Waals surface area contributed by atoms with Crippen LogP contribution in [0.4, 0.5) is 0 Å². The van der Waals surface area contributed by atoms with Crippen molar-refractivity contribution in [2.75, 3.05) is 0 Å². The van der Waals surface area contributed by atoms with Crippen molar-refractivity contribution >= 4 is 63.9 Å². The first-order valence-corrected chi connectivity index (χ1v) is 6.23. The van der Waals surface area contributed by atoms with Gasteiger partial charge in [-0.1, -0.05) is 64.6 Å². The second-order valence-electron chi connectivity index (χ2n) is 2.96. The van der Waals surface area contributed by atoms with Gasteiger partial charge in [0.2, 0.25) is 5.91 Å². The van der Waals surface area contributed by atoms with Crippen LogP contribution in [0.1, 0.15) is 11.1 Å². The van der Waals surface area contributed by atoms with Crippen LogP contribution in [0.3, 0.4) is 0 Å². The van der Waals surface area contributed by atoms with Crippen molar-refractivity contribution in [1.29, 1.82) is 0 Å². The predicted molar refractivity (Wildman–Crippen MR) is 73.4 cm³/mol. The van der Waals surface area contributed by atoms with Crippen molar-refractivity contribution < 1.29 is 4.79 Å². The lowest BCUT2D eigenvalue weighted by atomic mass is 10.2. The van der Waals surface area contributed by atoms with Crippen molar-refractivity contribution in [3.05, 3.63) is 44.4 Å².